The van der Waals surface area contributed by atoms with Crippen LogP contribution in [0.15, 0.2) is 57.7 Å². The van der Waals surface area contributed by atoms with Crippen molar-refractivity contribution in [3.63, 3.8) is 0 Å². The standard InChI is InChI=1S/C19H17NO6/c21-18(9-10-20-14-5-1-2-6-15(14)26-19(20)22)24-12-13-11-23-16-7-3-4-8-17(16)25-13/h1-8,13H,9-12H2. The zero-order valence-corrected chi connectivity index (χ0v) is 13.9. The molecule has 0 amide bonds. The van der Waals surface area contributed by atoms with Gasteiger partial charge < -0.3 is 18.6 Å². The van der Waals surface area contributed by atoms with Gasteiger partial charge in [-0.2, -0.15) is 0 Å². The molecule has 0 radical (unpaired) electrons. The minimum atomic E-state index is -0.486. The first-order valence-electron chi connectivity index (χ1n) is 8.33. The van der Waals surface area contributed by atoms with Crippen molar-refractivity contribution < 1.29 is 23.4 Å². The summed E-state index contributed by atoms with van der Waals surface area (Å²) in [5.74, 6) is 0.418. The van der Waals surface area contributed by atoms with Crippen molar-refractivity contribution in [1.82, 2.24) is 4.57 Å². The molecule has 0 N–H and O–H groups in total. The summed E-state index contributed by atoms with van der Waals surface area (Å²) in [6.45, 7) is 0.601. The Bertz CT molecular complexity index is 989. The Morgan fingerprint density at radius 3 is 2.77 bits per heavy atom. The molecule has 3 aromatic rings. The van der Waals surface area contributed by atoms with Crippen molar-refractivity contribution >= 4 is 17.1 Å². The highest BCUT2D eigenvalue weighted by Crippen LogP contribution is 2.30. The number of aromatic nitrogens is 1. The number of fused-ring (bicyclic) bond motifs is 2. The van der Waals surface area contributed by atoms with E-state index in [4.69, 9.17) is 18.6 Å². The van der Waals surface area contributed by atoms with Crippen molar-refractivity contribution in [2.45, 2.75) is 19.1 Å². The maximum absolute atomic E-state index is 12.0. The Hall–Kier alpha value is -3.22. The molecule has 26 heavy (non-hydrogen) atoms. The molecule has 0 saturated heterocycles. The number of hydrogen-bond donors (Lipinski definition) is 0. The predicted octanol–water partition coefficient (Wildman–Crippen LogP) is 2.37. The number of benzene rings is 2. The highest BCUT2D eigenvalue weighted by Gasteiger charge is 2.22. The van der Waals surface area contributed by atoms with Crippen LogP contribution in [0.25, 0.3) is 11.1 Å². The van der Waals surface area contributed by atoms with Crippen molar-refractivity contribution in [3.8, 4) is 11.5 Å². The van der Waals surface area contributed by atoms with Gasteiger partial charge in [-0.1, -0.05) is 24.3 Å². The molecule has 0 saturated carbocycles. The molecule has 1 atom stereocenters. The van der Waals surface area contributed by atoms with E-state index in [2.05, 4.69) is 0 Å². The van der Waals surface area contributed by atoms with Gasteiger partial charge >= 0.3 is 11.7 Å². The highest BCUT2D eigenvalue weighted by molar-refractivity contribution is 5.73. The van der Waals surface area contributed by atoms with E-state index in [9.17, 15) is 9.59 Å². The number of oxazole rings is 1. The summed E-state index contributed by atoms with van der Waals surface area (Å²) in [7, 11) is 0. The maximum Gasteiger partial charge on any atom is 0.419 e. The summed E-state index contributed by atoms with van der Waals surface area (Å²) in [5, 5.41) is 0. The van der Waals surface area contributed by atoms with Crippen LogP contribution in [0, 0.1) is 0 Å². The van der Waals surface area contributed by atoms with Gasteiger partial charge in [-0.15, -0.1) is 0 Å². The first-order chi connectivity index (χ1) is 12.7. The van der Waals surface area contributed by atoms with Gasteiger partial charge in [-0.3, -0.25) is 9.36 Å². The summed E-state index contributed by atoms with van der Waals surface area (Å²) in [6, 6.07) is 14.4. The molecule has 2 heterocycles. The van der Waals surface area contributed by atoms with Crippen LogP contribution < -0.4 is 15.2 Å². The molecule has 7 nitrogen and oxygen atoms in total. The number of aryl methyl sites for hydroxylation is 1. The number of rotatable bonds is 5. The van der Waals surface area contributed by atoms with Gasteiger partial charge in [-0.05, 0) is 24.3 Å². The van der Waals surface area contributed by atoms with Gasteiger partial charge in [-0.25, -0.2) is 4.79 Å². The average Bonchev–Trinajstić information content (AvgIpc) is 2.99. The highest BCUT2D eigenvalue weighted by atomic mass is 16.6. The number of carbonyl (C=O) groups excluding carboxylic acids is 1. The maximum atomic E-state index is 12.0. The smallest absolute Gasteiger partial charge is 0.419 e. The fourth-order valence-electron chi connectivity index (χ4n) is 2.83. The minimum absolute atomic E-state index is 0.0631. The first-order valence-corrected chi connectivity index (χ1v) is 8.33. The van der Waals surface area contributed by atoms with Crippen LogP contribution in [0.5, 0.6) is 11.5 Å². The minimum Gasteiger partial charge on any atom is -0.486 e. The molecule has 134 valence electrons. The van der Waals surface area contributed by atoms with E-state index in [1.807, 2.05) is 24.3 Å². The third-order valence-electron chi connectivity index (χ3n) is 4.11. The van der Waals surface area contributed by atoms with Crippen molar-refractivity contribution in [3.05, 3.63) is 59.1 Å². The Kier molecular flexibility index (Phi) is 4.35. The quantitative estimate of drug-likeness (QED) is 0.654. The van der Waals surface area contributed by atoms with Crippen molar-refractivity contribution in [1.29, 1.82) is 0 Å². The van der Waals surface area contributed by atoms with Gasteiger partial charge in [0.25, 0.3) is 0 Å². The molecule has 0 bridgehead atoms. The van der Waals surface area contributed by atoms with Crippen LogP contribution in [-0.2, 0) is 16.1 Å². The molecule has 1 unspecified atom stereocenters. The van der Waals surface area contributed by atoms with E-state index in [1.165, 1.54) is 4.57 Å². The summed E-state index contributed by atoms with van der Waals surface area (Å²) in [6.07, 6.45) is -0.292. The number of ether oxygens (including phenoxy) is 3. The fourth-order valence-corrected chi connectivity index (χ4v) is 2.83. The molecule has 0 aliphatic carbocycles. The average molecular weight is 355 g/mol. The number of esters is 1. The molecule has 0 fully saturated rings. The lowest BCUT2D eigenvalue weighted by Crippen LogP contribution is -2.34. The summed E-state index contributed by atoms with van der Waals surface area (Å²) < 4.78 is 23.1. The molecule has 7 heteroatoms. The molecular weight excluding hydrogens is 338 g/mol. The van der Waals surface area contributed by atoms with Crippen molar-refractivity contribution in [2.75, 3.05) is 13.2 Å². The lowest BCUT2D eigenvalue weighted by Gasteiger charge is -2.26. The van der Waals surface area contributed by atoms with E-state index >= 15 is 0 Å². The fraction of sp³-hybridized carbons (Fsp3) is 0.263. The molecular formula is C19H17NO6. The summed E-state index contributed by atoms with van der Waals surface area (Å²) in [4.78, 5) is 23.9. The summed E-state index contributed by atoms with van der Waals surface area (Å²) >= 11 is 0. The number of carbonyl (C=O) groups is 1. The van der Waals surface area contributed by atoms with Crippen LogP contribution in [0.4, 0.5) is 0 Å². The number of nitrogens with zero attached hydrogens (tertiary/aromatic N) is 1. The van der Waals surface area contributed by atoms with E-state index in [0.29, 0.717) is 29.2 Å². The SMILES string of the molecule is O=C(CCn1c(=O)oc2ccccc21)OCC1COc2ccccc2O1. The van der Waals surface area contributed by atoms with Crippen LogP contribution >= 0.6 is 0 Å². The Balaban J connectivity index is 1.31. The van der Waals surface area contributed by atoms with E-state index in [0.717, 1.165) is 0 Å². The molecule has 0 spiro atoms. The largest absolute Gasteiger partial charge is 0.486 e. The predicted molar refractivity (Wildman–Crippen MR) is 92.4 cm³/mol. The second-order valence-electron chi connectivity index (χ2n) is 5.92. The lowest BCUT2D eigenvalue weighted by atomic mass is 10.2. The Morgan fingerprint density at radius 1 is 1.12 bits per heavy atom. The lowest BCUT2D eigenvalue weighted by molar-refractivity contribution is -0.147. The molecule has 1 aromatic heterocycles. The zero-order valence-electron chi connectivity index (χ0n) is 13.9. The third-order valence-corrected chi connectivity index (χ3v) is 4.11. The van der Waals surface area contributed by atoms with Gasteiger partial charge in [0, 0.05) is 6.54 Å². The van der Waals surface area contributed by atoms with E-state index < -0.39 is 11.7 Å². The van der Waals surface area contributed by atoms with E-state index in [-0.39, 0.29) is 25.7 Å². The number of para-hydroxylation sites is 4. The normalized spacial score (nSPS) is 15.8. The first kappa shape index (κ1) is 16.3. The number of hydrogen-bond acceptors (Lipinski definition) is 6. The van der Waals surface area contributed by atoms with Crippen LogP contribution in [0.1, 0.15) is 6.42 Å². The zero-order chi connectivity index (χ0) is 17.9. The molecule has 4 rings (SSSR count). The van der Waals surface area contributed by atoms with Crippen LogP contribution in [-0.4, -0.2) is 29.9 Å². The van der Waals surface area contributed by atoms with Gasteiger partial charge in [0.1, 0.15) is 13.2 Å². The molecule has 1 aliphatic heterocycles. The molecule has 2 aromatic carbocycles. The van der Waals surface area contributed by atoms with Crippen molar-refractivity contribution in [2.24, 2.45) is 0 Å². The molecule has 1 aliphatic rings. The van der Waals surface area contributed by atoms with Gasteiger partial charge in [0.2, 0.25) is 0 Å². The second-order valence-corrected chi connectivity index (χ2v) is 5.92. The second kappa shape index (κ2) is 6.95. The monoisotopic (exact) mass is 355 g/mol. The van der Waals surface area contributed by atoms with Crippen LogP contribution in [0.2, 0.25) is 0 Å². The van der Waals surface area contributed by atoms with E-state index in [1.54, 1.807) is 24.3 Å². The Labute approximate surface area is 148 Å². The Morgan fingerprint density at radius 2 is 1.88 bits per heavy atom. The van der Waals surface area contributed by atoms with Gasteiger partial charge in [0.15, 0.2) is 23.2 Å². The third kappa shape index (κ3) is 3.28. The topological polar surface area (TPSA) is 79.9 Å². The summed E-state index contributed by atoms with van der Waals surface area (Å²) in [5.41, 5.74) is 1.16. The van der Waals surface area contributed by atoms with Gasteiger partial charge in [0.05, 0.1) is 11.9 Å². The van der Waals surface area contributed by atoms with Crippen LogP contribution in [0.3, 0.4) is 0 Å².